The quantitative estimate of drug-likeness (QED) is 0.322. The first-order valence-electron chi connectivity index (χ1n) is 11.9. The molecule has 1 aliphatic carbocycles. The fourth-order valence-corrected chi connectivity index (χ4v) is 4.85. The Balaban J connectivity index is 1.53. The third kappa shape index (κ3) is 4.62. The standard InChI is InChI=1S/C28H27N3O4/c1-2-14-35-22-12-10-18(11-13-22)20-16-25-27(26(32)17-20)28(19-6-5-7-21(15-19)31(33)34)30-24-9-4-3-8-23(24)29-25/h3-13,15,20,28-30H,2,14,16-17H2,1H3. The van der Waals surface area contributed by atoms with Crippen LogP contribution in [0.1, 0.15) is 49.3 Å². The first-order valence-corrected chi connectivity index (χ1v) is 11.9. The van der Waals surface area contributed by atoms with Gasteiger partial charge in [-0.25, -0.2) is 0 Å². The number of carbonyl (C=O) groups is 1. The second-order valence-electron chi connectivity index (χ2n) is 8.94. The minimum atomic E-state index is -0.487. The summed E-state index contributed by atoms with van der Waals surface area (Å²) in [5, 5.41) is 18.4. The third-order valence-corrected chi connectivity index (χ3v) is 6.55. The first kappa shape index (κ1) is 22.7. The minimum absolute atomic E-state index is 0.00320. The van der Waals surface area contributed by atoms with Crippen molar-refractivity contribution in [2.24, 2.45) is 0 Å². The van der Waals surface area contributed by atoms with Crippen molar-refractivity contribution in [3.63, 3.8) is 0 Å². The average Bonchev–Trinajstić information content (AvgIpc) is 3.05. The maximum absolute atomic E-state index is 13.6. The molecule has 2 N–H and O–H groups in total. The van der Waals surface area contributed by atoms with Crippen molar-refractivity contribution in [3.8, 4) is 5.75 Å². The first-order chi connectivity index (χ1) is 17.0. The smallest absolute Gasteiger partial charge is 0.269 e. The molecule has 3 aromatic carbocycles. The number of carbonyl (C=O) groups excluding carboxylic acids is 1. The van der Waals surface area contributed by atoms with Crippen molar-refractivity contribution in [1.29, 1.82) is 0 Å². The van der Waals surface area contributed by atoms with Gasteiger partial charge in [0.25, 0.3) is 5.69 Å². The molecular formula is C28H27N3O4. The lowest BCUT2D eigenvalue weighted by Gasteiger charge is -2.30. The minimum Gasteiger partial charge on any atom is -0.494 e. The number of hydrogen-bond donors (Lipinski definition) is 2. The van der Waals surface area contributed by atoms with Crippen molar-refractivity contribution >= 4 is 22.8 Å². The zero-order valence-corrected chi connectivity index (χ0v) is 19.5. The molecule has 2 aliphatic rings. The van der Waals surface area contributed by atoms with E-state index < -0.39 is 11.0 Å². The molecule has 7 nitrogen and oxygen atoms in total. The van der Waals surface area contributed by atoms with E-state index in [0.29, 0.717) is 30.6 Å². The molecule has 178 valence electrons. The SMILES string of the molecule is CCCOc1ccc(C2CC(=O)C3=C(C2)Nc2ccccc2NC3c2cccc([N+](=O)[O-])c2)cc1. The fraction of sp³-hybridized carbons (Fsp3) is 0.250. The van der Waals surface area contributed by atoms with Gasteiger partial charge in [-0.05, 0) is 54.2 Å². The van der Waals surface area contributed by atoms with E-state index in [1.54, 1.807) is 12.1 Å². The van der Waals surface area contributed by atoms with Crippen LogP contribution in [0.2, 0.25) is 0 Å². The van der Waals surface area contributed by atoms with Gasteiger partial charge in [0, 0.05) is 29.8 Å². The summed E-state index contributed by atoms with van der Waals surface area (Å²) < 4.78 is 5.70. The molecule has 7 heteroatoms. The number of anilines is 2. The van der Waals surface area contributed by atoms with Gasteiger partial charge in [0.2, 0.25) is 0 Å². The molecule has 0 amide bonds. The molecular weight excluding hydrogens is 442 g/mol. The summed E-state index contributed by atoms with van der Waals surface area (Å²) >= 11 is 0. The van der Waals surface area contributed by atoms with Crippen molar-refractivity contribution in [2.75, 3.05) is 17.2 Å². The highest BCUT2D eigenvalue weighted by Gasteiger charge is 2.36. The lowest BCUT2D eigenvalue weighted by molar-refractivity contribution is -0.384. The molecule has 2 unspecified atom stereocenters. The Morgan fingerprint density at radius 3 is 2.49 bits per heavy atom. The van der Waals surface area contributed by atoms with E-state index in [2.05, 4.69) is 17.6 Å². The van der Waals surface area contributed by atoms with Crippen molar-refractivity contribution in [3.05, 3.63) is 105 Å². The Morgan fingerprint density at radius 2 is 1.74 bits per heavy atom. The Morgan fingerprint density at radius 1 is 0.971 bits per heavy atom. The Kier molecular flexibility index (Phi) is 6.23. The van der Waals surface area contributed by atoms with Crippen molar-refractivity contribution in [1.82, 2.24) is 0 Å². The van der Waals surface area contributed by atoms with Crippen LogP contribution in [-0.4, -0.2) is 17.3 Å². The van der Waals surface area contributed by atoms with Gasteiger partial charge in [0.05, 0.1) is 28.9 Å². The number of ketones is 1. The molecule has 0 saturated heterocycles. The number of fused-ring (bicyclic) bond motifs is 1. The Hall–Kier alpha value is -4.13. The van der Waals surface area contributed by atoms with Crippen LogP contribution in [0.3, 0.4) is 0 Å². The normalized spacial score (nSPS) is 19.1. The highest BCUT2D eigenvalue weighted by Crippen LogP contribution is 2.44. The number of allylic oxidation sites excluding steroid dienone is 1. The molecule has 1 aliphatic heterocycles. The molecule has 0 saturated carbocycles. The molecule has 1 heterocycles. The van der Waals surface area contributed by atoms with Gasteiger partial charge in [-0.15, -0.1) is 0 Å². The monoisotopic (exact) mass is 469 g/mol. The predicted molar refractivity (Wildman–Crippen MR) is 136 cm³/mol. The summed E-state index contributed by atoms with van der Waals surface area (Å²) in [5.41, 5.74) is 5.00. The maximum Gasteiger partial charge on any atom is 0.269 e. The van der Waals surface area contributed by atoms with Crippen LogP contribution in [0.5, 0.6) is 5.75 Å². The zero-order chi connectivity index (χ0) is 24.4. The van der Waals surface area contributed by atoms with E-state index in [4.69, 9.17) is 4.74 Å². The number of Topliss-reactive ketones (excluding diaryl/α,β-unsaturated/α-hetero) is 1. The number of nitro benzene ring substituents is 1. The number of nitrogens with one attached hydrogen (secondary N) is 2. The van der Waals surface area contributed by atoms with Gasteiger partial charge in [-0.1, -0.05) is 43.3 Å². The predicted octanol–water partition coefficient (Wildman–Crippen LogP) is 6.36. The van der Waals surface area contributed by atoms with E-state index >= 15 is 0 Å². The number of nitro groups is 1. The van der Waals surface area contributed by atoms with Crippen LogP contribution >= 0.6 is 0 Å². The molecule has 2 atom stereocenters. The van der Waals surface area contributed by atoms with Crippen molar-refractivity contribution in [2.45, 2.75) is 38.1 Å². The fourth-order valence-electron chi connectivity index (χ4n) is 4.85. The summed E-state index contributed by atoms with van der Waals surface area (Å²) in [4.78, 5) is 24.6. The second kappa shape index (κ2) is 9.62. The summed E-state index contributed by atoms with van der Waals surface area (Å²) in [6, 6.07) is 21.8. The topological polar surface area (TPSA) is 93.5 Å². The van der Waals surface area contributed by atoms with Crippen LogP contribution in [0.15, 0.2) is 84.1 Å². The number of hydrogen-bond acceptors (Lipinski definition) is 6. The number of nitrogens with zero attached hydrogens (tertiary/aromatic N) is 1. The van der Waals surface area contributed by atoms with Crippen LogP contribution < -0.4 is 15.4 Å². The van der Waals surface area contributed by atoms with Gasteiger partial charge in [-0.3, -0.25) is 14.9 Å². The van der Waals surface area contributed by atoms with Crippen LogP contribution in [-0.2, 0) is 4.79 Å². The lowest BCUT2D eigenvalue weighted by atomic mass is 9.78. The Bertz CT molecular complexity index is 1300. The lowest BCUT2D eigenvalue weighted by Crippen LogP contribution is -2.26. The number of benzene rings is 3. The number of rotatable bonds is 6. The van der Waals surface area contributed by atoms with E-state index in [1.165, 1.54) is 6.07 Å². The zero-order valence-electron chi connectivity index (χ0n) is 19.5. The van der Waals surface area contributed by atoms with Gasteiger partial charge >= 0.3 is 0 Å². The summed E-state index contributed by atoms with van der Waals surface area (Å²) in [7, 11) is 0. The summed E-state index contributed by atoms with van der Waals surface area (Å²) in [6.45, 7) is 2.74. The number of non-ortho nitro benzene ring substituents is 1. The van der Waals surface area contributed by atoms with Gasteiger partial charge < -0.3 is 15.4 Å². The van der Waals surface area contributed by atoms with Crippen LogP contribution in [0.4, 0.5) is 17.1 Å². The van der Waals surface area contributed by atoms with E-state index in [0.717, 1.165) is 34.8 Å². The van der Waals surface area contributed by atoms with E-state index in [-0.39, 0.29) is 17.4 Å². The molecule has 0 aromatic heterocycles. The molecule has 35 heavy (non-hydrogen) atoms. The van der Waals surface area contributed by atoms with Gasteiger partial charge in [0.1, 0.15) is 5.75 Å². The molecule has 0 bridgehead atoms. The molecule has 0 radical (unpaired) electrons. The summed E-state index contributed by atoms with van der Waals surface area (Å²) in [6.07, 6.45) is 1.99. The van der Waals surface area contributed by atoms with Crippen molar-refractivity contribution < 1.29 is 14.5 Å². The highest BCUT2D eigenvalue weighted by molar-refractivity contribution is 6.01. The van der Waals surface area contributed by atoms with Crippen LogP contribution in [0.25, 0.3) is 0 Å². The molecule has 5 rings (SSSR count). The molecule has 0 spiro atoms. The molecule has 0 fully saturated rings. The third-order valence-electron chi connectivity index (χ3n) is 6.55. The Labute approximate surface area is 204 Å². The van der Waals surface area contributed by atoms with Gasteiger partial charge in [-0.2, -0.15) is 0 Å². The summed E-state index contributed by atoms with van der Waals surface area (Å²) in [5.74, 6) is 0.894. The highest BCUT2D eigenvalue weighted by atomic mass is 16.6. The average molecular weight is 470 g/mol. The van der Waals surface area contributed by atoms with Crippen LogP contribution in [0, 0.1) is 10.1 Å². The number of para-hydroxylation sites is 2. The number of ether oxygens (including phenoxy) is 1. The second-order valence-corrected chi connectivity index (χ2v) is 8.94. The largest absolute Gasteiger partial charge is 0.494 e. The van der Waals surface area contributed by atoms with E-state index in [9.17, 15) is 14.9 Å². The maximum atomic E-state index is 13.6. The van der Waals surface area contributed by atoms with Gasteiger partial charge in [0.15, 0.2) is 5.78 Å². The van der Waals surface area contributed by atoms with E-state index in [1.807, 2.05) is 54.6 Å². The molecule has 3 aromatic rings.